The van der Waals surface area contributed by atoms with E-state index in [1.807, 2.05) is 0 Å². The minimum Gasteiger partial charge on any atom is -0.345 e. The first kappa shape index (κ1) is 21.0. The molecule has 1 aliphatic carbocycles. The van der Waals surface area contributed by atoms with Gasteiger partial charge in [-0.2, -0.15) is 0 Å². The van der Waals surface area contributed by atoms with E-state index >= 15 is 0 Å². The van der Waals surface area contributed by atoms with Crippen LogP contribution in [0.5, 0.6) is 0 Å². The molecule has 1 aromatic heterocycles. The van der Waals surface area contributed by atoms with E-state index in [4.69, 9.17) is 0 Å². The van der Waals surface area contributed by atoms with Gasteiger partial charge < -0.3 is 9.47 Å². The number of nitrogens with zero attached hydrogens (tertiary/aromatic N) is 2. The van der Waals surface area contributed by atoms with E-state index in [9.17, 15) is 0 Å². The molecule has 0 atom stereocenters. The standard InChI is InChI=1S/C34H28N2/c1-34(2)30-16-7-4-13-26(30)27-20-19-24(22-31(27)34)35(3)23-11-10-12-25(21-23)36-32-17-8-5-14-28(32)29-15-6-9-18-33(29)36/h4-22H,1-3H3. The fraction of sp³-hybridized carbons (Fsp3) is 0.118. The van der Waals surface area contributed by atoms with E-state index in [2.05, 4.69) is 146 Å². The van der Waals surface area contributed by atoms with Gasteiger partial charge in [-0.05, 0) is 64.7 Å². The Morgan fingerprint density at radius 3 is 1.92 bits per heavy atom. The van der Waals surface area contributed by atoms with E-state index in [-0.39, 0.29) is 5.41 Å². The second kappa shape index (κ2) is 7.60. The lowest BCUT2D eigenvalue weighted by atomic mass is 9.82. The molecule has 174 valence electrons. The van der Waals surface area contributed by atoms with Gasteiger partial charge in [-0.25, -0.2) is 0 Å². The molecule has 0 bridgehead atoms. The summed E-state index contributed by atoms with van der Waals surface area (Å²) in [4.78, 5) is 2.30. The van der Waals surface area contributed by atoms with E-state index in [0.717, 1.165) is 0 Å². The van der Waals surface area contributed by atoms with Crippen LogP contribution in [0.15, 0.2) is 115 Å². The number of anilines is 2. The van der Waals surface area contributed by atoms with Gasteiger partial charge in [0.25, 0.3) is 0 Å². The van der Waals surface area contributed by atoms with Gasteiger partial charge in [0.2, 0.25) is 0 Å². The maximum Gasteiger partial charge on any atom is 0.0541 e. The fourth-order valence-corrected chi connectivity index (χ4v) is 6.09. The summed E-state index contributed by atoms with van der Waals surface area (Å²) in [6.45, 7) is 4.68. The van der Waals surface area contributed by atoms with E-state index in [0.29, 0.717) is 0 Å². The number of aromatic nitrogens is 1. The summed E-state index contributed by atoms with van der Waals surface area (Å²) >= 11 is 0. The van der Waals surface area contributed by atoms with Crippen LogP contribution in [0.4, 0.5) is 11.4 Å². The van der Waals surface area contributed by atoms with Crippen LogP contribution in [0.2, 0.25) is 0 Å². The van der Waals surface area contributed by atoms with Gasteiger partial charge >= 0.3 is 0 Å². The van der Waals surface area contributed by atoms with Crippen molar-refractivity contribution in [3.05, 3.63) is 126 Å². The van der Waals surface area contributed by atoms with E-state index in [1.165, 1.54) is 61.1 Å². The minimum atomic E-state index is -0.00635. The van der Waals surface area contributed by atoms with Crippen LogP contribution in [0.25, 0.3) is 38.6 Å². The van der Waals surface area contributed by atoms with Crippen LogP contribution in [-0.2, 0) is 5.41 Å². The summed E-state index contributed by atoms with van der Waals surface area (Å²) in [5, 5.41) is 2.57. The second-order valence-electron chi connectivity index (χ2n) is 10.3. The molecule has 0 aliphatic heterocycles. The first-order valence-electron chi connectivity index (χ1n) is 12.6. The number of hydrogen-bond acceptors (Lipinski definition) is 1. The number of para-hydroxylation sites is 2. The largest absolute Gasteiger partial charge is 0.345 e. The van der Waals surface area contributed by atoms with Gasteiger partial charge in [0, 0.05) is 40.3 Å². The lowest BCUT2D eigenvalue weighted by molar-refractivity contribution is 0.660. The molecule has 0 saturated heterocycles. The van der Waals surface area contributed by atoms with Crippen molar-refractivity contribution in [1.82, 2.24) is 4.57 Å². The van der Waals surface area contributed by atoms with Gasteiger partial charge in [0.15, 0.2) is 0 Å². The van der Waals surface area contributed by atoms with Gasteiger partial charge in [-0.3, -0.25) is 0 Å². The van der Waals surface area contributed by atoms with Crippen LogP contribution in [0.1, 0.15) is 25.0 Å². The van der Waals surface area contributed by atoms with Crippen molar-refractivity contribution < 1.29 is 0 Å². The van der Waals surface area contributed by atoms with E-state index in [1.54, 1.807) is 0 Å². The summed E-state index contributed by atoms with van der Waals surface area (Å²) in [5.41, 5.74) is 11.5. The van der Waals surface area contributed by atoms with Crippen LogP contribution in [0.3, 0.4) is 0 Å². The minimum absolute atomic E-state index is 0.00635. The van der Waals surface area contributed by atoms with Crippen molar-refractivity contribution in [3.8, 4) is 16.8 Å². The number of hydrogen-bond donors (Lipinski definition) is 0. The molecule has 1 heterocycles. The quantitative estimate of drug-likeness (QED) is 0.254. The van der Waals surface area contributed by atoms with Crippen molar-refractivity contribution in [2.75, 3.05) is 11.9 Å². The Balaban J connectivity index is 1.34. The van der Waals surface area contributed by atoms with Crippen LogP contribution >= 0.6 is 0 Å². The SMILES string of the molecule is CN(c1cccc(-n2c3ccccc3c3ccccc32)c1)c1ccc2c(c1)C(C)(C)c1ccccc1-2. The monoisotopic (exact) mass is 464 g/mol. The molecular weight excluding hydrogens is 436 g/mol. The second-order valence-corrected chi connectivity index (χ2v) is 10.3. The molecule has 0 fully saturated rings. The fourth-order valence-electron chi connectivity index (χ4n) is 6.09. The molecule has 0 spiro atoms. The zero-order valence-corrected chi connectivity index (χ0v) is 20.9. The Kier molecular flexibility index (Phi) is 4.44. The topological polar surface area (TPSA) is 8.17 Å². The molecule has 0 saturated carbocycles. The molecule has 7 rings (SSSR count). The zero-order chi connectivity index (χ0) is 24.4. The maximum absolute atomic E-state index is 2.38. The van der Waals surface area contributed by atoms with Crippen molar-refractivity contribution in [2.24, 2.45) is 0 Å². The summed E-state index contributed by atoms with van der Waals surface area (Å²) in [6, 6.07) is 42.0. The third-order valence-corrected chi connectivity index (χ3v) is 8.01. The molecule has 0 amide bonds. The molecule has 5 aromatic carbocycles. The number of benzene rings is 5. The maximum atomic E-state index is 2.38. The lowest BCUT2D eigenvalue weighted by Crippen LogP contribution is -2.16. The molecule has 36 heavy (non-hydrogen) atoms. The van der Waals surface area contributed by atoms with Crippen molar-refractivity contribution in [1.29, 1.82) is 0 Å². The molecular formula is C34H28N2. The van der Waals surface area contributed by atoms with Crippen LogP contribution < -0.4 is 4.90 Å². The summed E-state index contributed by atoms with van der Waals surface area (Å²) in [6.07, 6.45) is 0. The van der Waals surface area contributed by atoms with Gasteiger partial charge in [0.05, 0.1) is 11.0 Å². The average Bonchev–Trinajstić information content (AvgIpc) is 3.38. The number of rotatable bonds is 3. The van der Waals surface area contributed by atoms with Crippen LogP contribution in [-0.4, -0.2) is 11.6 Å². The molecule has 2 nitrogen and oxygen atoms in total. The molecule has 6 aromatic rings. The highest BCUT2D eigenvalue weighted by atomic mass is 15.1. The first-order valence-corrected chi connectivity index (χ1v) is 12.6. The number of fused-ring (bicyclic) bond motifs is 6. The molecule has 1 aliphatic rings. The Hall–Kier alpha value is -4.30. The zero-order valence-electron chi connectivity index (χ0n) is 20.9. The molecule has 0 unspecified atom stereocenters. The first-order chi connectivity index (χ1) is 17.5. The highest BCUT2D eigenvalue weighted by Gasteiger charge is 2.35. The smallest absolute Gasteiger partial charge is 0.0541 e. The predicted molar refractivity (Wildman–Crippen MR) is 153 cm³/mol. The van der Waals surface area contributed by atoms with Crippen molar-refractivity contribution in [2.45, 2.75) is 19.3 Å². The Morgan fingerprint density at radius 1 is 0.556 bits per heavy atom. The van der Waals surface area contributed by atoms with Gasteiger partial charge in [-0.1, -0.05) is 86.6 Å². The predicted octanol–water partition coefficient (Wildman–Crippen LogP) is 8.86. The van der Waals surface area contributed by atoms with E-state index < -0.39 is 0 Å². The highest BCUT2D eigenvalue weighted by molar-refractivity contribution is 6.09. The highest BCUT2D eigenvalue weighted by Crippen LogP contribution is 2.49. The molecule has 0 radical (unpaired) electrons. The summed E-state index contributed by atoms with van der Waals surface area (Å²) < 4.78 is 2.38. The summed E-state index contributed by atoms with van der Waals surface area (Å²) in [5.74, 6) is 0. The van der Waals surface area contributed by atoms with Gasteiger partial charge in [-0.15, -0.1) is 0 Å². The molecule has 2 heteroatoms. The Morgan fingerprint density at radius 2 is 1.17 bits per heavy atom. The summed E-state index contributed by atoms with van der Waals surface area (Å²) in [7, 11) is 2.17. The van der Waals surface area contributed by atoms with Crippen molar-refractivity contribution >= 4 is 33.2 Å². The Labute approximate surface area is 212 Å². The third-order valence-electron chi connectivity index (χ3n) is 8.01. The normalized spacial score (nSPS) is 13.6. The van der Waals surface area contributed by atoms with Crippen molar-refractivity contribution in [3.63, 3.8) is 0 Å². The molecule has 0 N–H and O–H groups in total. The average molecular weight is 465 g/mol. The van der Waals surface area contributed by atoms with Gasteiger partial charge in [0.1, 0.15) is 0 Å². The Bertz CT molecular complexity index is 1730. The third kappa shape index (κ3) is 2.91. The van der Waals surface area contributed by atoms with Crippen LogP contribution in [0, 0.1) is 0 Å². The lowest BCUT2D eigenvalue weighted by Gasteiger charge is -2.25.